The van der Waals surface area contributed by atoms with Crippen LogP contribution in [0.1, 0.15) is 0 Å². The van der Waals surface area contributed by atoms with Crippen LogP contribution in [0.25, 0.3) is 0 Å². The molecule has 0 heterocycles. The van der Waals surface area contributed by atoms with Gasteiger partial charge < -0.3 is 15.0 Å². The number of carboxylic acid groups (broad SMARTS) is 1. The summed E-state index contributed by atoms with van der Waals surface area (Å²) in [7, 11) is 0.750. The van der Waals surface area contributed by atoms with Crippen molar-refractivity contribution >= 4 is 29.0 Å². The minimum Gasteiger partial charge on any atom is -0.857 e. The predicted octanol–water partition coefficient (Wildman–Crippen LogP) is -2.48. The average Bonchev–Trinajstić information content (AvgIpc) is 1.73. The van der Waals surface area contributed by atoms with Crippen LogP contribution in [-0.4, -0.2) is 36.1 Å². The van der Waals surface area contributed by atoms with E-state index in [0.717, 1.165) is 13.2 Å². The minimum absolute atomic E-state index is 0. The normalized spacial score (nSPS) is 4.75. The molecule has 0 aromatic carbocycles. The Balaban J connectivity index is -0.0000000750. The maximum absolute atomic E-state index is 9.14. The van der Waals surface area contributed by atoms with Gasteiger partial charge in [0.2, 0.25) is 0 Å². The molecular weight excluding hydrogens is 120 g/mol. The molecule has 0 N–H and O–H groups in total. The van der Waals surface area contributed by atoms with E-state index in [9.17, 15) is 0 Å². The summed E-state index contributed by atoms with van der Waals surface area (Å²) in [6.45, 7) is 2.90. The molecule has 3 nitrogen and oxygen atoms in total. The molecule has 0 fully saturated rings. The first-order chi connectivity index (χ1) is 3.27. The second-order valence-electron chi connectivity index (χ2n) is 0.523. The van der Waals surface area contributed by atoms with Crippen LogP contribution in [0.2, 0.25) is 0 Å². The van der Waals surface area contributed by atoms with Crippen LogP contribution in [0.3, 0.4) is 0 Å². The van der Waals surface area contributed by atoms with Gasteiger partial charge in [0.15, 0.2) is 0 Å². The second kappa shape index (κ2) is 15.8. The third-order valence-electron chi connectivity index (χ3n) is 0.167. The Morgan fingerprint density at radius 2 is 1.75 bits per heavy atom. The van der Waals surface area contributed by atoms with Crippen molar-refractivity contribution in [3.05, 3.63) is 12.7 Å². The zero-order valence-electron chi connectivity index (χ0n) is 4.72. The standard InChI is InChI=1S/C3H4O2.CH3O.Mg/c1-2-3(4)5;1-2;/h2H,1H2,(H,4,5);1H3;/q;-1;+2/p-1. The van der Waals surface area contributed by atoms with Gasteiger partial charge in [0, 0.05) is 0 Å². The van der Waals surface area contributed by atoms with Gasteiger partial charge in [-0.25, -0.2) is 0 Å². The Bertz CT molecular complexity index is 62.3. The number of carboxylic acids is 1. The third kappa shape index (κ3) is 38.6. The minimum atomic E-state index is -1.23. The van der Waals surface area contributed by atoms with E-state index in [1.165, 1.54) is 0 Å². The molecular formula is C4H6MgO3. The van der Waals surface area contributed by atoms with Gasteiger partial charge in [-0.1, -0.05) is 6.58 Å². The largest absolute Gasteiger partial charge is 2.00 e. The summed E-state index contributed by atoms with van der Waals surface area (Å²) in [5.74, 6) is -1.23. The molecule has 0 aliphatic heterocycles. The van der Waals surface area contributed by atoms with E-state index in [1.54, 1.807) is 0 Å². The third-order valence-corrected chi connectivity index (χ3v) is 0.167. The van der Waals surface area contributed by atoms with Gasteiger partial charge in [0.25, 0.3) is 0 Å². The van der Waals surface area contributed by atoms with E-state index in [2.05, 4.69) is 6.58 Å². The fraction of sp³-hybridized carbons (Fsp3) is 0.250. The molecule has 0 spiro atoms. The summed E-state index contributed by atoms with van der Waals surface area (Å²) >= 11 is 0. The van der Waals surface area contributed by atoms with Crippen molar-refractivity contribution < 1.29 is 15.0 Å². The average molecular weight is 126 g/mol. The smallest absolute Gasteiger partial charge is 0.857 e. The van der Waals surface area contributed by atoms with Crippen LogP contribution in [0.4, 0.5) is 0 Å². The van der Waals surface area contributed by atoms with Gasteiger partial charge in [-0.3, -0.25) is 0 Å². The first-order valence-electron chi connectivity index (χ1n) is 1.51. The summed E-state index contributed by atoms with van der Waals surface area (Å²) in [5, 5.41) is 17.4. The Morgan fingerprint density at radius 3 is 1.75 bits per heavy atom. The molecule has 0 atom stereocenters. The number of aliphatic carboxylic acids is 1. The van der Waals surface area contributed by atoms with Crippen LogP contribution >= 0.6 is 0 Å². The van der Waals surface area contributed by atoms with E-state index < -0.39 is 5.97 Å². The van der Waals surface area contributed by atoms with E-state index >= 15 is 0 Å². The van der Waals surface area contributed by atoms with E-state index in [4.69, 9.17) is 15.0 Å². The molecule has 0 bridgehead atoms. The predicted molar refractivity (Wildman–Crippen MR) is 26.9 cm³/mol. The van der Waals surface area contributed by atoms with Crippen molar-refractivity contribution in [1.29, 1.82) is 0 Å². The molecule has 0 amide bonds. The molecule has 0 radical (unpaired) electrons. The van der Waals surface area contributed by atoms with Crippen LogP contribution < -0.4 is 10.2 Å². The van der Waals surface area contributed by atoms with Crippen molar-refractivity contribution in [3.8, 4) is 0 Å². The van der Waals surface area contributed by atoms with Gasteiger partial charge in [-0.2, -0.15) is 7.11 Å². The summed E-state index contributed by atoms with van der Waals surface area (Å²) in [4.78, 5) is 9.14. The SMILES string of the molecule is C=CC(=O)[O-].C[O-].[Mg+2]. The van der Waals surface area contributed by atoms with E-state index in [-0.39, 0.29) is 23.1 Å². The van der Waals surface area contributed by atoms with E-state index in [1.807, 2.05) is 0 Å². The monoisotopic (exact) mass is 126 g/mol. The van der Waals surface area contributed by atoms with Crippen LogP contribution in [0.15, 0.2) is 12.7 Å². The Kier molecular flexibility index (Phi) is 30.9. The van der Waals surface area contributed by atoms with Crippen molar-refractivity contribution in [2.75, 3.05) is 7.11 Å². The van der Waals surface area contributed by atoms with Crippen molar-refractivity contribution in [3.63, 3.8) is 0 Å². The molecule has 4 heteroatoms. The molecule has 0 aromatic rings. The fourth-order valence-corrected chi connectivity index (χ4v) is 0. The van der Waals surface area contributed by atoms with Gasteiger partial charge in [0.1, 0.15) is 0 Å². The molecule has 0 saturated carbocycles. The molecule has 0 unspecified atom stereocenters. The zero-order chi connectivity index (χ0) is 6.28. The fourth-order valence-electron chi connectivity index (χ4n) is 0. The zero-order valence-corrected chi connectivity index (χ0v) is 6.13. The second-order valence-corrected chi connectivity index (χ2v) is 0.523. The molecule has 0 aliphatic carbocycles. The molecule has 42 valence electrons. The van der Waals surface area contributed by atoms with Crippen molar-refractivity contribution in [2.24, 2.45) is 0 Å². The van der Waals surface area contributed by atoms with Crippen LogP contribution in [0.5, 0.6) is 0 Å². The van der Waals surface area contributed by atoms with Crippen molar-refractivity contribution in [2.45, 2.75) is 0 Å². The summed E-state index contributed by atoms with van der Waals surface area (Å²) in [6, 6.07) is 0. The molecule has 0 aliphatic rings. The Morgan fingerprint density at radius 1 is 1.62 bits per heavy atom. The van der Waals surface area contributed by atoms with E-state index in [0.29, 0.717) is 0 Å². The Hall–Kier alpha value is -0.0638. The van der Waals surface area contributed by atoms with Crippen LogP contribution in [0, 0.1) is 0 Å². The van der Waals surface area contributed by atoms with Gasteiger partial charge >= 0.3 is 23.1 Å². The maximum atomic E-state index is 9.14. The van der Waals surface area contributed by atoms with Gasteiger partial charge in [-0.05, 0) is 6.08 Å². The molecule has 8 heavy (non-hydrogen) atoms. The summed E-state index contributed by atoms with van der Waals surface area (Å²) in [6.07, 6.45) is 0.722. The molecule has 0 saturated heterocycles. The first-order valence-corrected chi connectivity index (χ1v) is 1.51. The topological polar surface area (TPSA) is 63.2 Å². The van der Waals surface area contributed by atoms with Gasteiger partial charge in [-0.15, -0.1) is 0 Å². The van der Waals surface area contributed by atoms with Crippen molar-refractivity contribution in [1.82, 2.24) is 0 Å². The summed E-state index contributed by atoms with van der Waals surface area (Å²) < 4.78 is 0. The number of hydrogen-bond acceptors (Lipinski definition) is 3. The molecule has 0 aromatic heterocycles. The number of carbonyl (C=O) groups is 1. The maximum Gasteiger partial charge on any atom is 2.00 e. The quantitative estimate of drug-likeness (QED) is 0.289. The van der Waals surface area contributed by atoms with Gasteiger partial charge in [0.05, 0.1) is 5.97 Å². The molecule has 0 rings (SSSR count). The number of rotatable bonds is 1. The number of carbonyl (C=O) groups excluding carboxylic acids is 1. The van der Waals surface area contributed by atoms with Crippen LogP contribution in [-0.2, 0) is 4.79 Å². The number of hydrogen-bond donors (Lipinski definition) is 0. The first kappa shape index (κ1) is 15.7. The Labute approximate surface area is 64.2 Å². The summed E-state index contributed by atoms with van der Waals surface area (Å²) in [5.41, 5.74) is 0.